The monoisotopic (exact) mass is 211 g/mol. The first kappa shape index (κ1) is 11.7. The summed E-state index contributed by atoms with van der Waals surface area (Å²) in [5.41, 5.74) is 5.45. The number of unbranched alkanes of at least 4 members (excludes halogenated alkanes) is 1. The van der Waals surface area contributed by atoms with E-state index >= 15 is 0 Å². The van der Waals surface area contributed by atoms with Gasteiger partial charge in [0.25, 0.3) is 0 Å². The largest absolute Gasteiger partial charge is 0.480 e. The van der Waals surface area contributed by atoms with Crippen LogP contribution in [-0.2, 0) is 17.8 Å². The van der Waals surface area contributed by atoms with Crippen molar-refractivity contribution in [3.8, 4) is 0 Å². The maximum absolute atomic E-state index is 10.6. The SMILES string of the molecule is CCCCn1ccnc1CC(N)C(=O)O. The molecule has 84 valence electrons. The van der Waals surface area contributed by atoms with Gasteiger partial charge in [-0.15, -0.1) is 0 Å². The van der Waals surface area contributed by atoms with E-state index in [1.165, 1.54) is 0 Å². The number of imidazole rings is 1. The van der Waals surface area contributed by atoms with Gasteiger partial charge < -0.3 is 15.4 Å². The van der Waals surface area contributed by atoms with Gasteiger partial charge in [0.15, 0.2) is 0 Å². The number of carboxylic acids is 1. The molecule has 0 amide bonds. The van der Waals surface area contributed by atoms with Crippen molar-refractivity contribution in [2.24, 2.45) is 5.73 Å². The predicted molar refractivity (Wildman–Crippen MR) is 56.5 cm³/mol. The van der Waals surface area contributed by atoms with Crippen LogP contribution in [0.5, 0.6) is 0 Å². The molecule has 1 rings (SSSR count). The van der Waals surface area contributed by atoms with Gasteiger partial charge in [-0.3, -0.25) is 4.79 Å². The molecule has 0 saturated heterocycles. The number of hydrogen-bond donors (Lipinski definition) is 2. The Bertz CT molecular complexity index is 322. The summed E-state index contributed by atoms with van der Waals surface area (Å²) in [6.07, 6.45) is 5.99. The Morgan fingerprint density at radius 1 is 1.73 bits per heavy atom. The van der Waals surface area contributed by atoms with E-state index in [-0.39, 0.29) is 6.42 Å². The van der Waals surface area contributed by atoms with Crippen LogP contribution in [0.2, 0.25) is 0 Å². The Labute approximate surface area is 88.9 Å². The summed E-state index contributed by atoms with van der Waals surface area (Å²) in [5.74, 6) is -0.238. The van der Waals surface area contributed by atoms with Crippen LogP contribution in [0.25, 0.3) is 0 Å². The third-order valence-corrected chi connectivity index (χ3v) is 2.27. The average molecular weight is 211 g/mol. The van der Waals surface area contributed by atoms with Crippen molar-refractivity contribution in [2.75, 3.05) is 0 Å². The molecule has 1 aromatic heterocycles. The van der Waals surface area contributed by atoms with Crippen molar-refractivity contribution in [3.63, 3.8) is 0 Å². The summed E-state index contributed by atoms with van der Waals surface area (Å²) >= 11 is 0. The molecule has 0 spiro atoms. The highest BCUT2D eigenvalue weighted by molar-refractivity contribution is 5.73. The van der Waals surface area contributed by atoms with Crippen LogP contribution in [0.4, 0.5) is 0 Å². The highest BCUT2D eigenvalue weighted by atomic mass is 16.4. The molecular formula is C10H17N3O2. The van der Waals surface area contributed by atoms with Crippen LogP contribution in [0.1, 0.15) is 25.6 Å². The van der Waals surface area contributed by atoms with Crippen molar-refractivity contribution in [2.45, 2.75) is 38.8 Å². The van der Waals surface area contributed by atoms with E-state index < -0.39 is 12.0 Å². The van der Waals surface area contributed by atoms with Gasteiger partial charge in [0.05, 0.1) is 0 Å². The molecular weight excluding hydrogens is 194 g/mol. The molecule has 0 bridgehead atoms. The van der Waals surface area contributed by atoms with Crippen LogP contribution >= 0.6 is 0 Å². The van der Waals surface area contributed by atoms with Gasteiger partial charge in [-0.05, 0) is 6.42 Å². The first-order chi connectivity index (χ1) is 7.15. The number of aliphatic carboxylic acids is 1. The van der Waals surface area contributed by atoms with Crippen molar-refractivity contribution < 1.29 is 9.90 Å². The summed E-state index contributed by atoms with van der Waals surface area (Å²) in [4.78, 5) is 14.7. The lowest BCUT2D eigenvalue weighted by Crippen LogP contribution is -2.33. The van der Waals surface area contributed by atoms with Crippen LogP contribution in [-0.4, -0.2) is 26.7 Å². The lowest BCUT2D eigenvalue weighted by Gasteiger charge is -2.09. The van der Waals surface area contributed by atoms with Gasteiger partial charge in [-0.2, -0.15) is 0 Å². The minimum absolute atomic E-state index is 0.284. The fourth-order valence-corrected chi connectivity index (χ4v) is 1.35. The van der Waals surface area contributed by atoms with Gasteiger partial charge in [-0.25, -0.2) is 4.98 Å². The molecule has 0 aliphatic rings. The Morgan fingerprint density at radius 2 is 2.47 bits per heavy atom. The second-order valence-corrected chi connectivity index (χ2v) is 3.54. The van der Waals surface area contributed by atoms with Gasteiger partial charge in [0.1, 0.15) is 11.9 Å². The highest BCUT2D eigenvalue weighted by Gasteiger charge is 2.15. The van der Waals surface area contributed by atoms with Crippen molar-refractivity contribution in [3.05, 3.63) is 18.2 Å². The van der Waals surface area contributed by atoms with Crippen molar-refractivity contribution in [1.82, 2.24) is 9.55 Å². The molecule has 0 radical (unpaired) electrons. The maximum atomic E-state index is 10.6. The smallest absolute Gasteiger partial charge is 0.320 e. The Hall–Kier alpha value is -1.36. The summed E-state index contributed by atoms with van der Waals surface area (Å²) in [6, 6.07) is -0.868. The molecule has 0 fully saturated rings. The molecule has 0 aromatic carbocycles. The molecule has 1 aromatic rings. The van der Waals surface area contributed by atoms with E-state index in [9.17, 15) is 4.79 Å². The zero-order valence-electron chi connectivity index (χ0n) is 8.89. The van der Waals surface area contributed by atoms with Crippen LogP contribution in [0.3, 0.4) is 0 Å². The summed E-state index contributed by atoms with van der Waals surface area (Å²) < 4.78 is 1.96. The fraction of sp³-hybridized carbons (Fsp3) is 0.600. The standard InChI is InChI=1S/C10H17N3O2/c1-2-3-5-13-6-4-12-9(13)7-8(11)10(14)15/h4,6,8H,2-3,5,7,11H2,1H3,(H,14,15). The Morgan fingerprint density at radius 3 is 3.07 bits per heavy atom. The predicted octanol–water partition coefficient (Wildman–Crippen LogP) is 0.638. The van der Waals surface area contributed by atoms with Gasteiger partial charge in [0.2, 0.25) is 0 Å². The second kappa shape index (κ2) is 5.50. The Balaban J connectivity index is 2.60. The van der Waals surface area contributed by atoms with Crippen LogP contribution < -0.4 is 5.73 Å². The highest BCUT2D eigenvalue weighted by Crippen LogP contribution is 2.03. The summed E-state index contributed by atoms with van der Waals surface area (Å²) in [7, 11) is 0. The third-order valence-electron chi connectivity index (χ3n) is 2.27. The topological polar surface area (TPSA) is 81.1 Å². The Kier molecular flexibility index (Phi) is 4.30. The number of rotatable bonds is 6. The molecule has 1 heterocycles. The number of carbonyl (C=O) groups is 1. The third kappa shape index (κ3) is 3.36. The number of hydrogen-bond acceptors (Lipinski definition) is 3. The average Bonchev–Trinajstić information content (AvgIpc) is 2.62. The minimum atomic E-state index is -0.986. The molecule has 0 saturated carbocycles. The van der Waals surface area contributed by atoms with E-state index in [4.69, 9.17) is 10.8 Å². The zero-order chi connectivity index (χ0) is 11.3. The fourth-order valence-electron chi connectivity index (χ4n) is 1.35. The van der Waals surface area contributed by atoms with E-state index in [1.54, 1.807) is 6.20 Å². The second-order valence-electron chi connectivity index (χ2n) is 3.54. The molecule has 1 atom stereocenters. The van der Waals surface area contributed by atoms with Gasteiger partial charge >= 0.3 is 5.97 Å². The summed E-state index contributed by atoms with van der Waals surface area (Å²) in [5, 5.41) is 8.69. The number of aryl methyl sites for hydroxylation is 1. The molecule has 5 nitrogen and oxygen atoms in total. The van der Waals surface area contributed by atoms with Crippen molar-refractivity contribution >= 4 is 5.97 Å². The quantitative estimate of drug-likeness (QED) is 0.723. The molecule has 0 aliphatic carbocycles. The molecule has 1 unspecified atom stereocenters. The lowest BCUT2D eigenvalue weighted by molar-refractivity contribution is -0.138. The van der Waals surface area contributed by atoms with Crippen LogP contribution in [0, 0.1) is 0 Å². The number of nitrogens with two attached hydrogens (primary N) is 1. The molecule has 0 aliphatic heterocycles. The first-order valence-corrected chi connectivity index (χ1v) is 5.13. The maximum Gasteiger partial charge on any atom is 0.320 e. The summed E-state index contributed by atoms with van der Waals surface area (Å²) in [6.45, 7) is 2.98. The van der Waals surface area contributed by atoms with E-state index in [0.29, 0.717) is 0 Å². The van der Waals surface area contributed by atoms with E-state index in [1.807, 2.05) is 10.8 Å². The number of nitrogens with zero attached hydrogens (tertiary/aromatic N) is 2. The minimum Gasteiger partial charge on any atom is -0.480 e. The van der Waals surface area contributed by atoms with Crippen LogP contribution in [0.15, 0.2) is 12.4 Å². The molecule has 5 heteroatoms. The zero-order valence-corrected chi connectivity index (χ0v) is 8.89. The van der Waals surface area contributed by atoms with E-state index in [0.717, 1.165) is 25.2 Å². The van der Waals surface area contributed by atoms with Gasteiger partial charge in [0, 0.05) is 25.4 Å². The first-order valence-electron chi connectivity index (χ1n) is 5.13. The molecule has 15 heavy (non-hydrogen) atoms. The normalized spacial score (nSPS) is 12.7. The van der Waals surface area contributed by atoms with Crippen molar-refractivity contribution in [1.29, 1.82) is 0 Å². The molecule has 3 N–H and O–H groups in total. The lowest BCUT2D eigenvalue weighted by atomic mass is 10.2. The van der Waals surface area contributed by atoms with Gasteiger partial charge in [-0.1, -0.05) is 13.3 Å². The number of carboxylic acid groups (broad SMARTS) is 1. The number of aromatic nitrogens is 2. The van der Waals surface area contributed by atoms with E-state index in [2.05, 4.69) is 11.9 Å².